The van der Waals surface area contributed by atoms with E-state index in [1.165, 1.54) is 25.3 Å². The van der Waals surface area contributed by atoms with Gasteiger partial charge in [-0.15, -0.1) is 6.58 Å². The average Bonchev–Trinajstić information content (AvgIpc) is 3.01. The van der Waals surface area contributed by atoms with Crippen molar-refractivity contribution in [2.45, 2.75) is 115 Å². The van der Waals surface area contributed by atoms with Crippen LogP contribution in [0.15, 0.2) is 49.1 Å². The van der Waals surface area contributed by atoms with Crippen molar-refractivity contribution in [2.75, 3.05) is 13.2 Å². The molecule has 2 nitrogen and oxygen atoms in total. The maximum Gasteiger partial charge on any atom is 0.200 e. The number of aryl methyl sites for hydroxylation is 1. The molecule has 6 heteroatoms. The summed E-state index contributed by atoms with van der Waals surface area (Å²) in [6, 6.07) is 10.7. The molecule has 2 aliphatic rings. The molecule has 2 aromatic rings. The Morgan fingerprint density at radius 2 is 1.48 bits per heavy atom. The minimum Gasteiger partial charge on any atom is -0.487 e. The van der Waals surface area contributed by atoms with Gasteiger partial charge in [0.1, 0.15) is 19.0 Å². The fraction of sp³-hybridized carbons (Fsp3) is 0.611. The van der Waals surface area contributed by atoms with E-state index in [9.17, 15) is 13.2 Å². The summed E-state index contributed by atoms with van der Waals surface area (Å²) in [6.07, 6.45) is 10.7. The van der Waals surface area contributed by atoms with E-state index in [0.717, 1.165) is 55.6 Å². The predicted octanol–water partition coefficient (Wildman–Crippen LogP) is 10.0. The zero-order valence-electron chi connectivity index (χ0n) is 25.1. The molecule has 0 heterocycles. The Morgan fingerprint density at radius 3 is 2.14 bits per heavy atom. The van der Waals surface area contributed by atoms with Crippen molar-refractivity contribution in [1.82, 2.24) is 0 Å². The maximum absolute atomic E-state index is 15.0. The fourth-order valence-corrected chi connectivity index (χ4v) is 6.67. The van der Waals surface area contributed by atoms with Crippen molar-refractivity contribution in [3.8, 4) is 5.75 Å². The summed E-state index contributed by atoms with van der Waals surface area (Å²) in [5.74, 6) is -1.35. The van der Waals surface area contributed by atoms with Crippen LogP contribution in [0, 0.1) is 23.5 Å². The van der Waals surface area contributed by atoms with Crippen LogP contribution in [0.2, 0.25) is 0 Å². The topological polar surface area (TPSA) is 18.5 Å². The normalized spacial score (nSPS) is 24.2. The summed E-state index contributed by atoms with van der Waals surface area (Å²) in [7, 11) is 0. The zero-order chi connectivity index (χ0) is 29.9. The molecule has 2 unspecified atom stereocenters. The van der Waals surface area contributed by atoms with Gasteiger partial charge in [0.2, 0.25) is 5.82 Å². The van der Waals surface area contributed by atoms with Gasteiger partial charge in [-0.1, -0.05) is 49.8 Å². The molecule has 2 saturated carbocycles. The van der Waals surface area contributed by atoms with Gasteiger partial charge < -0.3 is 9.47 Å². The molecule has 0 aliphatic heterocycles. The SMILES string of the molecule is C=CCCc1ccc(CC(F)COc2ccc(C3CCC(CC(F)COC4CCC(CC)CC4)CC3)c(F)c2F)cc1. The molecular weight excluding hydrogens is 540 g/mol. The largest absolute Gasteiger partial charge is 0.487 e. The van der Waals surface area contributed by atoms with Crippen LogP contribution >= 0.6 is 0 Å². The van der Waals surface area contributed by atoms with E-state index in [-0.39, 0.29) is 43.3 Å². The number of ether oxygens (including phenoxy) is 2. The molecule has 0 spiro atoms. The first-order chi connectivity index (χ1) is 20.4. The van der Waals surface area contributed by atoms with E-state index in [2.05, 4.69) is 13.5 Å². The quantitative estimate of drug-likeness (QED) is 0.152. The highest BCUT2D eigenvalue weighted by atomic mass is 19.2. The Balaban J connectivity index is 1.18. The predicted molar refractivity (Wildman–Crippen MR) is 162 cm³/mol. The van der Waals surface area contributed by atoms with Crippen molar-refractivity contribution in [3.63, 3.8) is 0 Å². The number of alkyl halides is 2. The Morgan fingerprint density at radius 1 is 0.810 bits per heavy atom. The molecule has 0 amide bonds. The molecule has 0 radical (unpaired) electrons. The Labute approximate surface area is 249 Å². The van der Waals surface area contributed by atoms with Crippen LogP contribution in [0.4, 0.5) is 17.6 Å². The lowest BCUT2D eigenvalue weighted by Gasteiger charge is -2.31. The van der Waals surface area contributed by atoms with Gasteiger partial charge in [0.15, 0.2) is 11.6 Å². The third-order valence-corrected chi connectivity index (χ3v) is 9.37. The fourth-order valence-electron chi connectivity index (χ4n) is 6.67. The van der Waals surface area contributed by atoms with Gasteiger partial charge in [0.25, 0.3) is 0 Å². The van der Waals surface area contributed by atoms with Gasteiger partial charge in [-0.3, -0.25) is 0 Å². The summed E-state index contributed by atoms with van der Waals surface area (Å²) in [5.41, 5.74) is 2.31. The molecular formula is C36H48F4O2. The number of rotatable bonds is 15. The van der Waals surface area contributed by atoms with E-state index in [1.54, 1.807) is 6.07 Å². The third kappa shape index (κ3) is 9.59. The van der Waals surface area contributed by atoms with Crippen LogP contribution in [0.3, 0.4) is 0 Å². The summed E-state index contributed by atoms with van der Waals surface area (Å²) < 4.78 is 70.4. The number of hydrogen-bond donors (Lipinski definition) is 0. The number of halogens is 4. The molecule has 2 aliphatic carbocycles. The van der Waals surface area contributed by atoms with Crippen molar-refractivity contribution in [1.29, 1.82) is 0 Å². The highest BCUT2D eigenvalue weighted by Crippen LogP contribution is 2.40. The second-order valence-electron chi connectivity index (χ2n) is 12.5. The highest BCUT2D eigenvalue weighted by Gasteiger charge is 2.29. The molecule has 0 saturated heterocycles. The summed E-state index contributed by atoms with van der Waals surface area (Å²) >= 11 is 0. The number of allylic oxidation sites excluding steroid dienone is 1. The van der Waals surface area contributed by atoms with Gasteiger partial charge in [0.05, 0.1) is 12.7 Å². The van der Waals surface area contributed by atoms with Gasteiger partial charge in [-0.05, 0) is 111 Å². The van der Waals surface area contributed by atoms with Crippen molar-refractivity contribution in [2.24, 2.45) is 11.8 Å². The van der Waals surface area contributed by atoms with E-state index in [0.29, 0.717) is 24.8 Å². The second-order valence-corrected chi connectivity index (χ2v) is 12.5. The van der Waals surface area contributed by atoms with E-state index in [4.69, 9.17) is 9.47 Å². The molecule has 42 heavy (non-hydrogen) atoms. The smallest absolute Gasteiger partial charge is 0.200 e. The van der Waals surface area contributed by atoms with Crippen LogP contribution in [0.25, 0.3) is 0 Å². The number of benzene rings is 2. The van der Waals surface area contributed by atoms with Crippen molar-refractivity contribution in [3.05, 3.63) is 77.4 Å². The minimum absolute atomic E-state index is 0.115. The Hall–Kier alpha value is -2.34. The van der Waals surface area contributed by atoms with Crippen molar-refractivity contribution < 1.29 is 27.0 Å². The molecule has 232 valence electrons. The molecule has 2 atom stereocenters. The number of hydrogen-bond acceptors (Lipinski definition) is 2. The summed E-state index contributed by atoms with van der Waals surface area (Å²) in [6.45, 7) is 5.75. The molecule has 0 N–H and O–H groups in total. The van der Waals surface area contributed by atoms with Gasteiger partial charge in [-0.2, -0.15) is 4.39 Å². The van der Waals surface area contributed by atoms with Gasteiger partial charge >= 0.3 is 0 Å². The van der Waals surface area contributed by atoms with Crippen molar-refractivity contribution >= 4 is 0 Å². The van der Waals surface area contributed by atoms with E-state index < -0.39 is 24.0 Å². The first kappa shape index (κ1) is 32.6. The summed E-state index contributed by atoms with van der Waals surface area (Å²) in [5, 5.41) is 0. The Kier molecular flexibility index (Phi) is 12.8. The first-order valence-electron chi connectivity index (χ1n) is 16.0. The third-order valence-electron chi connectivity index (χ3n) is 9.37. The molecule has 0 bridgehead atoms. The average molecular weight is 589 g/mol. The van der Waals surface area contributed by atoms with Crippen LogP contribution in [-0.4, -0.2) is 31.7 Å². The lowest BCUT2D eigenvalue weighted by molar-refractivity contribution is -0.0141. The second kappa shape index (κ2) is 16.5. The van der Waals surface area contributed by atoms with Crippen LogP contribution < -0.4 is 4.74 Å². The Bertz CT molecular complexity index is 1090. The molecule has 0 aromatic heterocycles. The lowest BCUT2D eigenvalue weighted by Crippen LogP contribution is -2.26. The van der Waals surface area contributed by atoms with E-state index >= 15 is 4.39 Å². The minimum atomic E-state index is -1.35. The van der Waals surface area contributed by atoms with Crippen LogP contribution in [0.1, 0.15) is 100 Å². The van der Waals surface area contributed by atoms with Gasteiger partial charge in [0, 0.05) is 6.42 Å². The molecule has 2 fully saturated rings. The monoisotopic (exact) mass is 588 g/mol. The van der Waals surface area contributed by atoms with Crippen LogP contribution in [-0.2, 0) is 17.6 Å². The maximum atomic E-state index is 15.0. The zero-order valence-corrected chi connectivity index (χ0v) is 25.1. The first-order valence-corrected chi connectivity index (χ1v) is 16.0. The lowest BCUT2D eigenvalue weighted by atomic mass is 9.77. The molecule has 2 aromatic carbocycles. The van der Waals surface area contributed by atoms with Crippen LogP contribution in [0.5, 0.6) is 5.75 Å². The van der Waals surface area contributed by atoms with E-state index in [1.807, 2.05) is 30.3 Å². The summed E-state index contributed by atoms with van der Waals surface area (Å²) in [4.78, 5) is 0. The molecule has 4 rings (SSSR count). The van der Waals surface area contributed by atoms with Gasteiger partial charge in [-0.25, -0.2) is 13.2 Å². The standard InChI is InChI=1S/C36H48F4O2/c1-3-5-6-26-7-9-27(10-8-26)21-31(38)24-42-34-20-19-33(35(39)36(34)40)29-15-11-28(12-16-29)22-30(37)23-41-32-17-13-25(4-2)14-18-32/h3,7-10,19-20,25,28-32H,1,4-6,11-18,21-24H2,2H3. The highest BCUT2D eigenvalue weighted by molar-refractivity contribution is 5.33.